The van der Waals surface area contributed by atoms with Crippen LogP contribution in [0.1, 0.15) is 16.7 Å². The highest BCUT2D eigenvalue weighted by atomic mass is 19.4. The van der Waals surface area contributed by atoms with Gasteiger partial charge in [-0.2, -0.15) is 13.2 Å². The van der Waals surface area contributed by atoms with Crippen molar-refractivity contribution in [3.05, 3.63) is 162 Å². The van der Waals surface area contributed by atoms with Crippen LogP contribution in [-0.4, -0.2) is 14.1 Å². The Morgan fingerprint density at radius 3 is 1.54 bits per heavy atom. The molecule has 0 atom stereocenters. The molecule has 242 valence electrons. The van der Waals surface area contributed by atoms with Crippen LogP contribution in [0.25, 0.3) is 77.5 Å². The number of halogens is 3. The number of benzene rings is 6. The molecule has 0 saturated heterocycles. The van der Waals surface area contributed by atoms with E-state index in [1.54, 1.807) is 18.2 Å². The number of aromatic nitrogens is 3. The average Bonchev–Trinajstić information content (AvgIpc) is 3.63. The summed E-state index contributed by atoms with van der Waals surface area (Å²) in [4.78, 5) is 4.83. The van der Waals surface area contributed by atoms with E-state index >= 15 is 13.2 Å². The van der Waals surface area contributed by atoms with Crippen molar-refractivity contribution in [2.24, 2.45) is 0 Å². The summed E-state index contributed by atoms with van der Waals surface area (Å²) in [6.07, 6.45) is -4.67. The van der Waals surface area contributed by atoms with Crippen LogP contribution in [0.2, 0.25) is 0 Å². The molecular formula is C44H30F3N3. The molecule has 6 heteroatoms. The Kier molecular flexibility index (Phi) is 6.71. The number of rotatable bonds is 4. The quantitative estimate of drug-likeness (QED) is 0.185. The Hall–Kier alpha value is -6.14. The first-order valence-corrected chi connectivity index (χ1v) is 16.5. The minimum absolute atomic E-state index is 0.0173. The van der Waals surface area contributed by atoms with Gasteiger partial charge in [-0.25, -0.2) is 4.98 Å². The molecule has 9 aromatic rings. The fourth-order valence-electron chi connectivity index (χ4n) is 7.43. The van der Waals surface area contributed by atoms with Gasteiger partial charge in [0.2, 0.25) is 0 Å². The minimum Gasteiger partial charge on any atom is -0.307 e. The Bertz CT molecular complexity index is 2770. The fourth-order valence-corrected chi connectivity index (χ4v) is 7.43. The number of hydrogen-bond donors (Lipinski definition) is 0. The molecule has 0 N–H and O–H groups in total. The highest BCUT2D eigenvalue weighted by molar-refractivity contribution is 6.12. The fraction of sp³-hybridized carbons (Fsp3) is 0.0682. The predicted octanol–water partition coefficient (Wildman–Crippen LogP) is 12.2. The number of nitrogens with zero attached hydrogens (tertiary/aromatic N) is 3. The summed E-state index contributed by atoms with van der Waals surface area (Å²) in [5.41, 5.74) is 7.67. The van der Waals surface area contributed by atoms with Gasteiger partial charge in [-0.1, -0.05) is 96.1 Å². The van der Waals surface area contributed by atoms with Gasteiger partial charge in [0.1, 0.15) is 0 Å². The highest BCUT2D eigenvalue weighted by Gasteiger charge is 2.36. The van der Waals surface area contributed by atoms with Gasteiger partial charge in [0, 0.05) is 32.7 Å². The molecule has 0 spiro atoms. The number of fused-ring (bicyclic) bond motifs is 6. The van der Waals surface area contributed by atoms with E-state index in [0.717, 1.165) is 60.3 Å². The van der Waals surface area contributed by atoms with Crippen molar-refractivity contribution in [3.63, 3.8) is 0 Å². The maximum Gasteiger partial charge on any atom is 0.417 e. The van der Waals surface area contributed by atoms with Crippen LogP contribution in [0, 0.1) is 13.8 Å². The molecule has 0 aliphatic rings. The molecule has 0 radical (unpaired) electrons. The summed E-state index contributed by atoms with van der Waals surface area (Å²) in [6.45, 7) is 4.09. The van der Waals surface area contributed by atoms with Crippen LogP contribution in [0.3, 0.4) is 0 Å². The summed E-state index contributed by atoms with van der Waals surface area (Å²) in [5, 5.41) is 4.03. The maximum absolute atomic E-state index is 15.4. The van der Waals surface area contributed by atoms with Crippen LogP contribution < -0.4 is 0 Å². The van der Waals surface area contributed by atoms with Crippen molar-refractivity contribution < 1.29 is 13.2 Å². The van der Waals surface area contributed by atoms with Gasteiger partial charge >= 0.3 is 6.18 Å². The first kappa shape index (κ1) is 30.0. The van der Waals surface area contributed by atoms with Crippen molar-refractivity contribution in [2.45, 2.75) is 20.0 Å². The molecule has 0 unspecified atom stereocenters. The monoisotopic (exact) mass is 657 g/mol. The van der Waals surface area contributed by atoms with E-state index in [9.17, 15) is 0 Å². The lowest BCUT2D eigenvalue weighted by molar-refractivity contribution is -0.137. The summed E-state index contributed by atoms with van der Waals surface area (Å²) in [6, 6.07) is 46.2. The normalized spacial score (nSPS) is 12.1. The minimum atomic E-state index is -4.67. The molecule has 3 heterocycles. The predicted molar refractivity (Wildman–Crippen MR) is 198 cm³/mol. The van der Waals surface area contributed by atoms with E-state index in [1.165, 1.54) is 6.07 Å². The second kappa shape index (κ2) is 11.2. The zero-order valence-corrected chi connectivity index (χ0v) is 27.3. The zero-order valence-electron chi connectivity index (χ0n) is 27.3. The van der Waals surface area contributed by atoms with E-state index in [2.05, 4.69) is 41.8 Å². The molecular weight excluding hydrogens is 627 g/mol. The largest absolute Gasteiger partial charge is 0.417 e. The molecule has 0 fully saturated rings. The van der Waals surface area contributed by atoms with Gasteiger partial charge in [-0.15, -0.1) is 0 Å². The maximum atomic E-state index is 15.4. The Balaban J connectivity index is 1.46. The van der Waals surface area contributed by atoms with E-state index in [1.807, 2.05) is 102 Å². The first-order valence-electron chi connectivity index (χ1n) is 16.5. The molecule has 50 heavy (non-hydrogen) atoms. The Morgan fingerprint density at radius 2 is 0.960 bits per heavy atom. The summed E-state index contributed by atoms with van der Waals surface area (Å²) < 4.78 is 50.4. The molecule has 0 aliphatic carbocycles. The molecule has 0 amide bonds. The van der Waals surface area contributed by atoms with Gasteiger partial charge in [0.15, 0.2) is 0 Å². The molecule has 9 rings (SSSR count). The van der Waals surface area contributed by atoms with Crippen molar-refractivity contribution in [1.82, 2.24) is 14.1 Å². The van der Waals surface area contributed by atoms with Gasteiger partial charge in [-0.3, -0.25) is 0 Å². The molecule has 3 aromatic heterocycles. The lowest BCUT2D eigenvalue weighted by Gasteiger charge is -2.22. The summed E-state index contributed by atoms with van der Waals surface area (Å²) in [5.74, 6) is 0. The standard InChI is InChI=1S/C44H30F3N3/c1-27-19-21-40-32(23-27)30-13-6-8-17-38(30)49(40)42-25-34(37-16-10-15-36(48-37)29-11-4-3-5-12-29)35(44(45,46)47)26-43(42)50-39-18-9-7-14-31(39)33-24-28(2)20-22-41(33)50/h3-26H,1-2H3. The molecule has 0 bridgehead atoms. The van der Waals surface area contributed by atoms with Gasteiger partial charge in [0.05, 0.1) is 50.4 Å². The number of para-hydroxylation sites is 2. The average molecular weight is 658 g/mol. The summed E-state index contributed by atoms with van der Waals surface area (Å²) in [7, 11) is 0. The second-order valence-corrected chi connectivity index (χ2v) is 12.9. The lowest BCUT2D eigenvalue weighted by Crippen LogP contribution is -2.12. The van der Waals surface area contributed by atoms with Crippen LogP contribution in [-0.2, 0) is 6.18 Å². The third-order valence-corrected chi connectivity index (χ3v) is 9.65. The number of aryl methyl sites for hydroxylation is 2. The van der Waals surface area contributed by atoms with Gasteiger partial charge in [-0.05, 0) is 74.5 Å². The van der Waals surface area contributed by atoms with E-state index in [4.69, 9.17) is 4.98 Å². The van der Waals surface area contributed by atoms with E-state index in [-0.39, 0.29) is 11.3 Å². The van der Waals surface area contributed by atoms with Crippen LogP contribution in [0.4, 0.5) is 13.2 Å². The lowest BCUT2D eigenvalue weighted by atomic mass is 9.99. The van der Waals surface area contributed by atoms with Crippen molar-refractivity contribution >= 4 is 43.6 Å². The molecule has 6 aromatic carbocycles. The van der Waals surface area contributed by atoms with E-state index < -0.39 is 11.7 Å². The SMILES string of the molecule is Cc1ccc2c(c1)c1ccccc1n2-c1cc(-c2cccc(-c3ccccc3)n2)c(C(F)(F)F)cc1-n1c2ccccc2c2cc(C)ccc21. The first-order chi connectivity index (χ1) is 24.3. The molecule has 3 nitrogen and oxygen atoms in total. The van der Waals surface area contributed by atoms with Crippen LogP contribution >= 0.6 is 0 Å². The van der Waals surface area contributed by atoms with Gasteiger partial charge < -0.3 is 9.13 Å². The van der Waals surface area contributed by atoms with Gasteiger partial charge in [0.25, 0.3) is 0 Å². The van der Waals surface area contributed by atoms with Crippen LogP contribution in [0.15, 0.2) is 146 Å². The summed E-state index contributed by atoms with van der Waals surface area (Å²) >= 11 is 0. The third kappa shape index (κ3) is 4.71. The zero-order chi connectivity index (χ0) is 34.1. The second-order valence-electron chi connectivity index (χ2n) is 12.9. The van der Waals surface area contributed by atoms with Crippen molar-refractivity contribution in [3.8, 4) is 33.9 Å². The van der Waals surface area contributed by atoms with Crippen molar-refractivity contribution in [2.75, 3.05) is 0 Å². The topological polar surface area (TPSA) is 22.8 Å². The van der Waals surface area contributed by atoms with E-state index in [0.29, 0.717) is 17.1 Å². The molecule has 0 aliphatic heterocycles. The number of pyridine rings is 1. The third-order valence-electron chi connectivity index (χ3n) is 9.65. The number of alkyl halides is 3. The van der Waals surface area contributed by atoms with Crippen molar-refractivity contribution in [1.29, 1.82) is 0 Å². The Labute approximate surface area is 286 Å². The van der Waals surface area contributed by atoms with Crippen LogP contribution in [0.5, 0.6) is 0 Å². The molecule has 0 saturated carbocycles. The Morgan fingerprint density at radius 1 is 0.460 bits per heavy atom. The number of hydrogen-bond acceptors (Lipinski definition) is 1. The smallest absolute Gasteiger partial charge is 0.307 e. The highest BCUT2D eigenvalue weighted by Crippen LogP contribution is 2.45.